The number of nitrogens with one attached hydrogen (secondary N) is 2. The van der Waals surface area contributed by atoms with E-state index in [1.165, 1.54) is 0 Å². The summed E-state index contributed by atoms with van der Waals surface area (Å²) >= 11 is 1.60. The molecule has 25 heavy (non-hydrogen) atoms. The normalized spacial score (nSPS) is 10.8. The lowest BCUT2D eigenvalue weighted by molar-refractivity contribution is 0.262. The van der Waals surface area contributed by atoms with Crippen molar-refractivity contribution >= 4 is 34.4 Å². The van der Waals surface area contributed by atoms with E-state index in [-0.39, 0.29) is 6.03 Å². The van der Waals surface area contributed by atoms with E-state index in [9.17, 15) is 4.79 Å². The number of carbonyl (C=O) groups is 1. The van der Waals surface area contributed by atoms with Gasteiger partial charge in [-0.25, -0.2) is 14.3 Å². The number of rotatable bonds is 3. The van der Waals surface area contributed by atoms with Crippen molar-refractivity contribution in [2.24, 2.45) is 0 Å². The van der Waals surface area contributed by atoms with E-state index < -0.39 is 0 Å². The van der Waals surface area contributed by atoms with Crippen LogP contribution in [0.4, 0.5) is 16.2 Å². The molecule has 0 saturated carbocycles. The summed E-state index contributed by atoms with van der Waals surface area (Å²) in [5.41, 5.74) is 4.23. The first-order valence-corrected chi connectivity index (χ1v) is 8.65. The zero-order valence-electron chi connectivity index (χ0n) is 13.4. The van der Waals surface area contributed by atoms with E-state index >= 15 is 0 Å². The summed E-state index contributed by atoms with van der Waals surface area (Å²) in [6.07, 6.45) is 1.74. The number of aryl methyl sites for hydroxylation is 1. The molecule has 0 aliphatic heterocycles. The van der Waals surface area contributed by atoms with E-state index in [1.807, 2.05) is 54.1 Å². The van der Waals surface area contributed by atoms with Gasteiger partial charge >= 0.3 is 6.03 Å². The fraction of sp³-hybridized carbons (Fsp3) is 0.0556. The van der Waals surface area contributed by atoms with Gasteiger partial charge < -0.3 is 10.6 Å². The first kappa shape index (κ1) is 15.3. The number of anilines is 2. The minimum atomic E-state index is -0.304. The molecular formula is C18H15N5OS. The van der Waals surface area contributed by atoms with Crippen LogP contribution in [-0.2, 0) is 0 Å². The van der Waals surface area contributed by atoms with Gasteiger partial charge in [0.25, 0.3) is 0 Å². The number of pyridine rings is 1. The average molecular weight is 349 g/mol. The number of amides is 2. The van der Waals surface area contributed by atoms with Gasteiger partial charge in [-0.2, -0.15) is 11.3 Å². The number of hydrogen-bond acceptors (Lipinski definition) is 4. The molecule has 7 heteroatoms. The third kappa shape index (κ3) is 3.36. The number of hydrogen-bond donors (Lipinski definition) is 2. The van der Waals surface area contributed by atoms with Crippen LogP contribution in [0.15, 0.2) is 59.4 Å². The molecule has 0 aliphatic carbocycles. The minimum Gasteiger partial charge on any atom is -0.308 e. The maximum absolute atomic E-state index is 12.1. The molecule has 2 N–H and O–H groups in total. The van der Waals surface area contributed by atoms with E-state index in [4.69, 9.17) is 0 Å². The van der Waals surface area contributed by atoms with Crippen LogP contribution >= 0.6 is 11.3 Å². The molecule has 4 aromatic rings. The van der Waals surface area contributed by atoms with Crippen molar-refractivity contribution in [1.29, 1.82) is 0 Å². The van der Waals surface area contributed by atoms with Crippen LogP contribution in [0, 0.1) is 6.92 Å². The fourth-order valence-electron chi connectivity index (χ4n) is 2.40. The van der Waals surface area contributed by atoms with Gasteiger partial charge in [-0.15, -0.1) is 5.10 Å². The second-order valence-electron chi connectivity index (χ2n) is 5.61. The molecule has 0 fully saturated rings. The number of fused-ring (bicyclic) bond motifs is 1. The van der Waals surface area contributed by atoms with Crippen LogP contribution < -0.4 is 10.6 Å². The van der Waals surface area contributed by atoms with Gasteiger partial charge in [0, 0.05) is 16.6 Å². The second-order valence-corrected chi connectivity index (χ2v) is 6.39. The molecule has 0 spiro atoms. The standard InChI is InChI=1S/C18H15N5OS/c1-12-2-4-14(5-3-12)19-18(24)20-15-6-7-16-21-17(22-23(16)10-15)13-8-9-25-11-13/h2-11H,1H3,(H2,19,20,24). The van der Waals surface area contributed by atoms with Crippen molar-refractivity contribution in [2.75, 3.05) is 10.6 Å². The van der Waals surface area contributed by atoms with Gasteiger partial charge in [0.1, 0.15) is 0 Å². The Bertz CT molecular complexity index is 1020. The predicted molar refractivity (Wildman–Crippen MR) is 100 cm³/mol. The first-order chi connectivity index (χ1) is 12.2. The molecular weight excluding hydrogens is 334 g/mol. The quantitative estimate of drug-likeness (QED) is 0.575. The summed E-state index contributed by atoms with van der Waals surface area (Å²) in [4.78, 5) is 16.6. The van der Waals surface area contributed by atoms with Crippen molar-refractivity contribution in [2.45, 2.75) is 6.92 Å². The van der Waals surface area contributed by atoms with E-state index in [1.54, 1.807) is 28.1 Å². The zero-order valence-corrected chi connectivity index (χ0v) is 14.2. The average Bonchev–Trinajstić information content (AvgIpc) is 3.25. The lowest BCUT2D eigenvalue weighted by Gasteiger charge is -2.07. The summed E-state index contributed by atoms with van der Waals surface area (Å²) in [5.74, 6) is 0.669. The Morgan fingerprint density at radius 3 is 2.56 bits per heavy atom. The first-order valence-electron chi connectivity index (χ1n) is 7.71. The molecule has 0 aliphatic rings. The molecule has 3 aromatic heterocycles. The number of thiophene rings is 1. The highest BCUT2D eigenvalue weighted by Gasteiger charge is 2.08. The molecule has 0 radical (unpaired) electrons. The van der Waals surface area contributed by atoms with Crippen LogP contribution in [0.3, 0.4) is 0 Å². The number of urea groups is 1. The monoisotopic (exact) mass is 349 g/mol. The number of aromatic nitrogens is 3. The fourth-order valence-corrected chi connectivity index (χ4v) is 3.04. The Balaban J connectivity index is 1.51. The Kier molecular flexibility index (Phi) is 3.91. The largest absolute Gasteiger partial charge is 0.323 e. The minimum absolute atomic E-state index is 0.304. The molecule has 3 heterocycles. The third-order valence-corrected chi connectivity index (χ3v) is 4.36. The Hall–Kier alpha value is -3.19. The molecule has 0 unspecified atom stereocenters. The topological polar surface area (TPSA) is 71.3 Å². The summed E-state index contributed by atoms with van der Waals surface area (Å²) in [5, 5.41) is 14.1. The number of nitrogens with zero attached hydrogens (tertiary/aromatic N) is 3. The van der Waals surface area contributed by atoms with Crippen molar-refractivity contribution < 1.29 is 4.79 Å². The van der Waals surface area contributed by atoms with Crippen LogP contribution in [0.25, 0.3) is 17.0 Å². The van der Waals surface area contributed by atoms with Crippen LogP contribution in [0.5, 0.6) is 0 Å². The molecule has 0 bridgehead atoms. The van der Waals surface area contributed by atoms with Gasteiger partial charge in [0.2, 0.25) is 0 Å². The Morgan fingerprint density at radius 2 is 1.80 bits per heavy atom. The molecule has 0 saturated heterocycles. The van der Waals surface area contributed by atoms with Gasteiger partial charge in [-0.3, -0.25) is 0 Å². The lowest BCUT2D eigenvalue weighted by atomic mass is 10.2. The maximum atomic E-state index is 12.1. The van der Waals surface area contributed by atoms with Crippen LogP contribution in [0.1, 0.15) is 5.56 Å². The van der Waals surface area contributed by atoms with E-state index in [0.717, 1.165) is 22.5 Å². The summed E-state index contributed by atoms with van der Waals surface area (Å²) in [7, 11) is 0. The zero-order chi connectivity index (χ0) is 17.2. The van der Waals surface area contributed by atoms with Crippen LogP contribution in [0.2, 0.25) is 0 Å². The van der Waals surface area contributed by atoms with Crippen molar-refractivity contribution in [3.05, 3.63) is 65.0 Å². The molecule has 4 rings (SSSR count). The number of carbonyl (C=O) groups excluding carboxylic acids is 1. The number of benzene rings is 1. The Morgan fingerprint density at radius 1 is 1.04 bits per heavy atom. The maximum Gasteiger partial charge on any atom is 0.323 e. The smallest absolute Gasteiger partial charge is 0.308 e. The summed E-state index contributed by atoms with van der Waals surface area (Å²) in [6, 6.07) is 12.9. The van der Waals surface area contributed by atoms with Gasteiger partial charge in [0.15, 0.2) is 11.5 Å². The molecule has 2 amide bonds. The third-order valence-electron chi connectivity index (χ3n) is 3.68. The van der Waals surface area contributed by atoms with Crippen LogP contribution in [-0.4, -0.2) is 20.6 Å². The van der Waals surface area contributed by atoms with E-state index in [2.05, 4.69) is 20.7 Å². The van der Waals surface area contributed by atoms with Crippen molar-refractivity contribution in [3.63, 3.8) is 0 Å². The predicted octanol–water partition coefficient (Wildman–Crippen LogP) is 4.41. The van der Waals surface area contributed by atoms with E-state index in [0.29, 0.717) is 11.5 Å². The highest BCUT2D eigenvalue weighted by molar-refractivity contribution is 7.08. The molecule has 0 atom stereocenters. The van der Waals surface area contributed by atoms with Crippen molar-refractivity contribution in [3.8, 4) is 11.4 Å². The Labute approximate surface area is 148 Å². The van der Waals surface area contributed by atoms with Crippen molar-refractivity contribution in [1.82, 2.24) is 14.6 Å². The summed E-state index contributed by atoms with van der Waals surface area (Å²) in [6.45, 7) is 2.00. The highest BCUT2D eigenvalue weighted by atomic mass is 32.1. The molecule has 6 nitrogen and oxygen atoms in total. The SMILES string of the molecule is Cc1ccc(NC(=O)Nc2ccc3nc(-c4ccsc4)nn3c2)cc1. The molecule has 124 valence electrons. The van der Waals surface area contributed by atoms with Gasteiger partial charge in [0.05, 0.1) is 11.9 Å². The lowest BCUT2D eigenvalue weighted by Crippen LogP contribution is -2.19. The summed E-state index contributed by atoms with van der Waals surface area (Å²) < 4.78 is 1.66. The van der Waals surface area contributed by atoms with Gasteiger partial charge in [-0.1, -0.05) is 17.7 Å². The second kappa shape index (κ2) is 6.37. The van der Waals surface area contributed by atoms with Gasteiger partial charge in [-0.05, 0) is 42.6 Å². The molecule has 1 aromatic carbocycles. The highest BCUT2D eigenvalue weighted by Crippen LogP contribution is 2.20.